The van der Waals surface area contributed by atoms with E-state index in [0.717, 1.165) is 0 Å². The lowest BCUT2D eigenvalue weighted by Gasteiger charge is -1.75. The summed E-state index contributed by atoms with van der Waals surface area (Å²) in [4.78, 5) is 0. The molecule has 0 bridgehead atoms. The fraction of sp³-hybridized carbons (Fsp3) is 0. The standard InChI is InChI=1S/C2F4.F4Si.F3OP.F3P/c3-1(4)2(5)6;2*1-5(2,3)4;1-4(2)3. The fourth-order valence-electron chi connectivity index (χ4n) is 0. The normalized spacial score (nSPS) is 10.2. The zero-order chi connectivity index (χ0) is 17.7. The molecule has 0 spiro atoms. The molecule has 0 amide bonds. The Morgan fingerprint density at radius 3 is 0.800 bits per heavy atom. The van der Waals surface area contributed by atoms with E-state index >= 15 is 0 Å². The van der Waals surface area contributed by atoms with Crippen LogP contribution in [0.4, 0.5) is 59.2 Å². The van der Waals surface area contributed by atoms with Crippen LogP contribution in [0.15, 0.2) is 12.2 Å². The van der Waals surface area contributed by atoms with Crippen LogP contribution in [0.1, 0.15) is 0 Å². The maximum atomic E-state index is 10.3. The van der Waals surface area contributed by atoms with Crippen molar-refractivity contribution < 1.29 is 63.7 Å². The van der Waals surface area contributed by atoms with Gasteiger partial charge in [0.25, 0.3) is 0 Å². The third kappa shape index (κ3) is 369. The lowest BCUT2D eigenvalue weighted by molar-refractivity contribution is 0.308. The highest BCUT2D eigenvalue weighted by Crippen LogP contribution is 2.50. The highest BCUT2D eigenvalue weighted by Gasteiger charge is 2.39. The molecule has 1 nitrogen and oxygen atoms in total. The molecule has 0 aromatic heterocycles. The second-order valence-electron chi connectivity index (χ2n) is 1.54. The summed E-state index contributed by atoms with van der Waals surface area (Å²) in [5.74, 6) is 0. The van der Waals surface area contributed by atoms with Crippen molar-refractivity contribution in [1.82, 2.24) is 0 Å². The Morgan fingerprint density at radius 2 is 0.800 bits per heavy atom. The molecule has 0 aliphatic rings. The van der Waals surface area contributed by atoms with E-state index in [2.05, 4.69) is 0 Å². The van der Waals surface area contributed by atoms with E-state index < -0.39 is 38.5 Å². The summed E-state index contributed by atoms with van der Waals surface area (Å²) in [5, 5.41) is 0. The Morgan fingerprint density at radius 1 is 0.750 bits per heavy atom. The molecule has 0 fully saturated rings. The van der Waals surface area contributed by atoms with Crippen LogP contribution in [0.25, 0.3) is 0 Å². The van der Waals surface area contributed by atoms with Crippen LogP contribution < -0.4 is 0 Å². The first kappa shape index (κ1) is 27.9. The van der Waals surface area contributed by atoms with Gasteiger partial charge in [0.05, 0.1) is 0 Å². The Balaban J connectivity index is -0.0000000862. The zero-order valence-electron chi connectivity index (χ0n) is 8.09. The third-order valence-corrected chi connectivity index (χ3v) is 0.143. The van der Waals surface area contributed by atoms with Gasteiger partial charge in [-0.05, 0) is 0 Å². The largest absolute Gasteiger partial charge is 0.844 e. The van der Waals surface area contributed by atoms with Crippen LogP contribution in [0, 0.1) is 0 Å². The molecular weight excluding hydrogens is 396 g/mol. The molecule has 0 heterocycles. The minimum absolute atomic E-state index is 2.91. The topological polar surface area (TPSA) is 17.1 Å². The summed E-state index contributed by atoms with van der Waals surface area (Å²) >= 11 is 0. The van der Waals surface area contributed by atoms with Gasteiger partial charge in [0.1, 0.15) is 0 Å². The molecule has 0 radical (unpaired) electrons. The summed E-state index contributed by atoms with van der Waals surface area (Å²) in [5.41, 5.74) is 0. The van der Waals surface area contributed by atoms with Gasteiger partial charge in [-0.1, -0.05) is 0 Å². The molecule has 0 saturated heterocycles. The smallest absolute Gasteiger partial charge is 0.215 e. The summed E-state index contributed by atoms with van der Waals surface area (Å²) in [6, 6.07) is 0. The van der Waals surface area contributed by atoms with Crippen LogP contribution >= 0.6 is 16.9 Å². The third-order valence-electron chi connectivity index (χ3n) is 0.143. The van der Waals surface area contributed by atoms with E-state index in [1.807, 2.05) is 0 Å². The average Bonchev–Trinajstić information content (AvgIpc) is 1.94. The van der Waals surface area contributed by atoms with Gasteiger partial charge < -0.3 is 0 Å². The highest BCUT2D eigenvalue weighted by molar-refractivity contribution is 7.47. The molecule has 126 valence electrons. The molecule has 0 saturated carbocycles. The van der Waals surface area contributed by atoms with Crippen molar-refractivity contribution in [1.29, 1.82) is 0 Å². The number of hydrogen-bond donors (Lipinski definition) is 0. The van der Waals surface area contributed by atoms with Crippen LogP contribution in [-0.2, 0) is 4.57 Å². The van der Waals surface area contributed by atoms with Crippen LogP contribution in [0.3, 0.4) is 0 Å². The molecule has 0 unspecified atom stereocenters. The summed E-state index contributed by atoms with van der Waals surface area (Å²) < 4.78 is 148. The molecule has 0 rings (SSSR count). The van der Waals surface area contributed by atoms with Crippen LogP contribution in [0.5, 0.6) is 0 Å². The van der Waals surface area contributed by atoms with Crippen LogP contribution in [-0.4, -0.2) is 9.41 Å². The van der Waals surface area contributed by atoms with Crippen molar-refractivity contribution in [3.05, 3.63) is 12.2 Å². The van der Waals surface area contributed by atoms with Crippen molar-refractivity contribution in [3.63, 3.8) is 0 Å². The van der Waals surface area contributed by atoms with Crippen molar-refractivity contribution in [2.24, 2.45) is 0 Å². The predicted octanol–water partition coefficient (Wildman–Crippen LogP) is 7.42. The Hall–Kier alpha value is -0.363. The first-order valence-electron chi connectivity index (χ1n) is 2.96. The first-order valence-corrected chi connectivity index (χ1v) is 6.86. The van der Waals surface area contributed by atoms with E-state index in [4.69, 9.17) is 4.57 Å². The monoisotopic (exact) mass is 396 g/mol. The van der Waals surface area contributed by atoms with E-state index in [0.29, 0.717) is 0 Å². The van der Waals surface area contributed by atoms with Crippen molar-refractivity contribution in [3.8, 4) is 0 Å². The molecule has 0 N–H and O–H groups in total. The minimum atomic E-state index is -6.61. The second-order valence-corrected chi connectivity index (χ2v) is 3.58. The summed E-state index contributed by atoms with van der Waals surface area (Å²) in [7, 11) is -16.9. The summed E-state index contributed by atoms with van der Waals surface area (Å²) in [6.45, 7) is 0. The Kier molecular flexibility index (Phi) is 19.0. The van der Waals surface area contributed by atoms with Gasteiger partial charge in [-0.2, -0.15) is 30.2 Å². The molecule has 0 aromatic carbocycles. The van der Waals surface area contributed by atoms with E-state index in [1.54, 1.807) is 0 Å². The highest BCUT2D eigenvalue weighted by atomic mass is 31.3. The van der Waals surface area contributed by atoms with Gasteiger partial charge in [-0.15, -0.1) is 12.6 Å². The molecule has 0 aliphatic heterocycles. The van der Waals surface area contributed by atoms with E-state index in [1.165, 1.54) is 0 Å². The first-order chi connectivity index (χ1) is 8.37. The van der Waals surface area contributed by atoms with Gasteiger partial charge in [-0.25, -0.2) is 21.0 Å². The maximum Gasteiger partial charge on any atom is 0.844 e. The predicted molar refractivity (Wildman–Crippen MR) is 42.8 cm³/mol. The van der Waals surface area contributed by atoms with Gasteiger partial charge in [-0.3, -0.25) is 0 Å². The molecule has 0 atom stereocenters. The number of rotatable bonds is 0. The lowest BCUT2D eigenvalue weighted by Crippen LogP contribution is -2.02. The van der Waals surface area contributed by atoms with E-state index in [-0.39, 0.29) is 0 Å². The summed E-state index contributed by atoms with van der Waals surface area (Å²) in [6.07, 6.45) is -5.81. The molecular formula is C2F14OP2Si. The van der Waals surface area contributed by atoms with E-state index in [9.17, 15) is 59.2 Å². The average molecular weight is 396 g/mol. The van der Waals surface area contributed by atoms with Crippen molar-refractivity contribution in [2.45, 2.75) is 0 Å². The SMILES string of the molecule is FC(F)=C(F)F.FP(F)F.F[Si](F)(F)F.O=P(F)(F)F. The Labute approximate surface area is 103 Å². The molecule has 20 heavy (non-hydrogen) atoms. The quantitative estimate of drug-likeness (QED) is 0.180. The minimum Gasteiger partial charge on any atom is -0.215 e. The Bertz CT molecular complexity index is 257. The van der Waals surface area contributed by atoms with Crippen LogP contribution in [0.2, 0.25) is 0 Å². The van der Waals surface area contributed by atoms with Gasteiger partial charge in [0.15, 0.2) is 0 Å². The van der Waals surface area contributed by atoms with Gasteiger partial charge in [0, 0.05) is 0 Å². The number of halogens is 14. The number of hydrogen-bond acceptors (Lipinski definition) is 1. The lowest BCUT2D eigenvalue weighted by atomic mass is 11.1. The van der Waals surface area contributed by atoms with Crippen molar-refractivity contribution >= 4 is 26.3 Å². The zero-order valence-corrected chi connectivity index (χ0v) is 10.9. The second kappa shape index (κ2) is 13.6. The fourth-order valence-corrected chi connectivity index (χ4v) is 0. The van der Waals surface area contributed by atoms with Crippen molar-refractivity contribution in [2.75, 3.05) is 0 Å². The maximum absolute atomic E-state index is 10.3. The molecule has 0 aliphatic carbocycles. The van der Waals surface area contributed by atoms with Gasteiger partial charge >= 0.3 is 38.5 Å². The molecule has 0 aromatic rings. The molecule has 18 heteroatoms. The van der Waals surface area contributed by atoms with Gasteiger partial charge in [0.2, 0.25) is 0 Å².